The Hall–Kier alpha value is -4.10. The summed E-state index contributed by atoms with van der Waals surface area (Å²) >= 11 is 0. The normalized spacial score (nSPS) is 27.6. The largest absolute Gasteiger partial charge is 0.586 e. The average molecular weight is 653 g/mol. The van der Waals surface area contributed by atoms with E-state index in [0.717, 1.165) is 0 Å². The molecular weight excluding hydrogens is 616 g/mol. The first-order valence-electron chi connectivity index (χ1n) is 15.2. The van der Waals surface area contributed by atoms with Crippen molar-refractivity contribution in [2.24, 2.45) is 5.92 Å². The highest BCUT2D eigenvalue weighted by atomic mass is 19.3. The van der Waals surface area contributed by atoms with Gasteiger partial charge in [-0.05, 0) is 77.5 Å². The van der Waals surface area contributed by atoms with Gasteiger partial charge in [-0.25, -0.2) is 4.79 Å². The summed E-state index contributed by atoms with van der Waals surface area (Å²) in [5.74, 6) is -0.413. The van der Waals surface area contributed by atoms with Crippen molar-refractivity contribution in [2.75, 3.05) is 6.61 Å². The third kappa shape index (κ3) is 5.93. The lowest BCUT2D eigenvalue weighted by molar-refractivity contribution is -0.286. The molecule has 46 heavy (non-hydrogen) atoms. The molecule has 1 saturated carbocycles. The minimum Gasteiger partial charge on any atom is -0.492 e. The van der Waals surface area contributed by atoms with Gasteiger partial charge >= 0.3 is 19.0 Å². The molecule has 0 bridgehead atoms. The molecular formula is C32H36F4N2O8. The third-order valence-electron chi connectivity index (χ3n) is 9.31. The number of carbonyl (C=O) groups excluding carboxylic acids is 1. The zero-order valence-corrected chi connectivity index (χ0v) is 25.8. The summed E-state index contributed by atoms with van der Waals surface area (Å²) in [7, 11) is 0. The molecule has 0 saturated heterocycles. The predicted molar refractivity (Wildman–Crippen MR) is 154 cm³/mol. The molecule has 3 atom stereocenters. The second-order valence-electron chi connectivity index (χ2n) is 13.5. The van der Waals surface area contributed by atoms with Gasteiger partial charge in [-0.1, -0.05) is 0 Å². The van der Waals surface area contributed by atoms with Crippen LogP contribution in [0.3, 0.4) is 0 Å². The SMILES string of the molecule is CC(C)(C)N(C(=O)O)C1CCC([C@@H]2C[C@H](NC(=O)[C@@]3(C)COc4cc5c(cc43)OC(F)(F)O5)c3ccc(OC(F)F)cc3O2)CC1. The van der Waals surface area contributed by atoms with E-state index in [0.29, 0.717) is 49.0 Å². The number of benzene rings is 2. The number of amides is 2. The topological polar surface area (TPSA) is 116 Å². The highest BCUT2D eigenvalue weighted by Crippen LogP contribution is 2.50. The van der Waals surface area contributed by atoms with Crippen molar-refractivity contribution in [1.82, 2.24) is 10.2 Å². The molecule has 2 N–H and O–H groups in total. The summed E-state index contributed by atoms with van der Waals surface area (Å²) < 4.78 is 79.3. The van der Waals surface area contributed by atoms with Crippen LogP contribution in [0.5, 0.6) is 28.7 Å². The van der Waals surface area contributed by atoms with E-state index in [2.05, 4.69) is 19.5 Å². The van der Waals surface area contributed by atoms with E-state index < -0.39 is 48.0 Å². The molecule has 6 rings (SSSR count). The third-order valence-corrected chi connectivity index (χ3v) is 9.31. The lowest BCUT2D eigenvalue weighted by Crippen LogP contribution is -2.53. The zero-order valence-electron chi connectivity index (χ0n) is 25.8. The van der Waals surface area contributed by atoms with E-state index in [1.807, 2.05) is 20.8 Å². The number of alkyl halides is 4. The minimum atomic E-state index is -3.83. The Morgan fingerprint density at radius 3 is 2.33 bits per heavy atom. The second-order valence-corrected chi connectivity index (χ2v) is 13.5. The van der Waals surface area contributed by atoms with Crippen LogP contribution >= 0.6 is 0 Å². The fourth-order valence-corrected chi connectivity index (χ4v) is 7.13. The van der Waals surface area contributed by atoms with Gasteiger partial charge < -0.3 is 39.0 Å². The number of carbonyl (C=O) groups is 2. The Kier molecular flexibility index (Phi) is 7.83. The quantitative estimate of drug-likeness (QED) is 0.336. The molecule has 0 unspecified atom stereocenters. The van der Waals surface area contributed by atoms with Crippen LogP contribution in [0.2, 0.25) is 0 Å². The van der Waals surface area contributed by atoms with Crippen molar-refractivity contribution in [2.45, 2.75) is 102 Å². The number of hydrogen-bond acceptors (Lipinski definition) is 7. The number of carboxylic acid groups (broad SMARTS) is 1. The summed E-state index contributed by atoms with van der Waals surface area (Å²) in [6.45, 7) is 4.11. The molecule has 0 aromatic heterocycles. The molecule has 2 aromatic rings. The lowest BCUT2D eigenvalue weighted by Gasteiger charge is -2.45. The molecule has 2 aromatic carbocycles. The molecule has 4 aliphatic rings. The van der Waals surface area contributed by atoms with E-state index in [9.17, 15) is 32.3 Å². The first kappa shape index (κ1) is 31.9. The van der Waals surface area contributed by atoms with Crippen LogP contribution in [0.15, 0.2) is 30.3 Å². The molecule has 2 amide bonds. The van der Waals surface area contributed by atoms with Gasteiger partial charge in [0.05, 0.1) is 6.04 Å². The highest BCUT2D eigenvalue weighted by molar-refractivity contribution is 5.90. The molecule has 0 radical (unpaired) electrons. The Morgan fingerprint density at radius 1 is 1.02 bits per heavy atom. The fourth-order valence-electron chi connectivity index (χ4n) is 7.13. The molecule has 14 heteroatoms. The molecule has 10 nitrogen and oxygen atoms in total. The van der Waals surface area contributed by atoms with Gasteiger partial charge in [-0.2, -0.15) is 8.78 Å². The summed E-state index contributed by atoms with van der Waals surface area (Å²) in [6, 6.07) is 6.16. The number of fused-ring (bicyclic) bond motifs is 3. The monoisotopic (exact) mass is 652 g/mol. The number of rotatable bonds is 6. The van der Waals surface area contributed by atoms with Gasteiger partial charge in [0.15, 0.2) is 11.5 Å². The van der Waals surface area contributed by atoms with Crippen molar-refractivity contribution in [1.29, 1.82) is 0 Å². The molecule has 1 fully saturated rings. The van der Waals surface area contributed by atoms with Crippen molar-refractivity contribution < 1.29 is 55.9 Å². The van der Waals surface area contributed by atoms with E-state index in [1.165, 1.54) is 29.2 Å². The minimum absolute atomic E-state index is 0.00613. The van der Waals surface area contributed by atoms with Gasteiger partial charge in [0.2, 0.25) is 5.91 Å². The number of ether oxygens (including phenoxy) is 5. The Balaban J connectivity index is 1.23. The smallest absolute Gasteiger partial charge is 0.492 e. The van der Waals surface area contributed by atoms with E-state index in [4.69, 9.17) is 9.47 Å². The van der Waals surface area contributed by atoms with Crippen molar-refractivity contribution in [3.8, 4) is 28.7 Å². The lowest BCUT2D eigenvalue weighted by atomic mass is 9.77. The first-order chi connectivity index (χ1) is 21.5. The molecule has 0 spiro atoms. The van der Waals surface area contributed by atoms with Crippen LogP contribution < -0.4 is 29.0 Å². The average Bonchev–Trinajstić information content (AvgIpc) is 3.44. The van der Waals surface area contributed by atoms with Crippen LogP contribution in [-0.2, 0) is 10.2 Å². The van der Waals surface area contributed by atoms with Crippen molar-refractivity contribution in [3.63, 3.8) is 0 Å². The van der Waals surface area contributed by atoms with Gasteiger partial charge in [-0.15, -0.1) is 8.78 Å². The van der Waals surface area contributed by atoms with Crippen LogP contribution in [0.25, 0.3) is 0 Å². The number of hydrogen-bond donors (Lipinski definition) is 2. The zero-order chi connectivity index (χ0) is 33.2. The summed E-state index contributed by atoms with van der Waals surface area (Å²) in [5, 5.41) is 13.0. The number of halogens is 4. The Morgan fingerprint density at radius 2 is 1.70 bits per heavy atom. The number of nitrogens with one attached hydrogen (secondary N) is 1. The van der Waals surface area contributed by atoms with Crippen molar-refractivity contribution >= 4 is 12.0 Å². The van der Waals surface area contributed by atoms with Crippen LogP contribution in [0.4, 0.5) is 22.4 Å². The summed E-state index contributed by atoms with van der Waals surface area (Å²) in [4.78, 5) is 27.5. The maximum absolute atomic E-state index is 14.0. The highest BCUT2D eigenvalue weighted by Gasteiger charge is 2.50. The van der Waals surface area contributed by atoms with Gasteiger partial charge in [0, 0.05) is 41.3 Å². The van der Waals surface area contributed by atoms with Gasteiger partial charge in [0.25, 0.3) is 0 Å². The molecule has 1 aliphatic carbocycles. The van der Waals surface area contributed by atoms with Gasteiger partial charge in [-0.3, -0.25) is 4.79 Å². The predicted octanol–water partition coefficient (Wildman–Crippen LogP) is 6.61. The number of nitrogens with zero attached hydrogens (tertiary/aromatic N) is 1. The van der Waals surface area contributed by atoms with Crippen LogP contribution in [-0.4, -0.2) is 59.2 Å². The maximum Gasteiger partial charge on any atom is 0.586 e. The molecule has 250 valence electrons. The van der Waals surface area contributed by atoms with Gasteiger partial charge in [0.1, 0.15) is 35.4 Å². The van der Waals surface area contributed by atoms with E-state index in [-0.39, 0.29) is 41.6 Å². The van der Waals surface area contributed by atoms with Crippen LogP contribution in [0.1, 0.15) is 77.0 Å². The van der Waals surface area contributed by atoms with Crippen molar-refractivity contribution in [3.05, 3.63) is 41.5 Å². The molecule has 3 aliphatic heterocycles. The standard InChI is InChI=1S/C32H36F4N2O8/c1-30(2,3)38(29(40)41)17-7-5-16(6-8-17)22-13-21(19-10-9-18(43-28(33)34)11-23(19)44-22)37-27(39)31(4)15-42-24-14-26-25(12-20(24)31)45-32(35,36)46-26/h9-12,14,16-17,21-22,28H,5-8,13,15H2,1-4H3,(H,37,39)(H,40,41)/t16?,17?,21-,22-,31-/m0/s1. The first-order valence-corrected chi connectivity index (χ1v) is 15.2. The summed E-state index contributed by atoms with van der Waals surface area (Å²) in [5.41, 5.74) is -0.921. The fraction of sp³-hybridized carbons (Fsp3) is 0.562. The second kappa shape index (κ2) is 11.3. The maximum atomic E-state index is 14.0. The van der Waals surface area contributed by atoms with E-state index >= 15 is 0 Å². The molecule has 3 heterocycles. The van der Waals surface area contributed by atoms with Crippen LogP contribution in [0, 0.1) is 5.92 Å². The Labute approximate surface area is 262 Å². The summed E-state index contributed by atoms with van der Waals surface area (Å²) in [6.07, 6.45) is -2.29. The van der Waals surface area contributed by atoms with E-state index in [1.54, 1.807) is 13.0 Å². The Bertz CT molecular complexity index is 1520.